The molecule has 1 aliphatic heterocycles. The van der Waals surface area contributed by atoms with Crippen LogP contribution in [0.4, 0.5) is 5.82 Å². The standard InChI is InChI=1S/C39H52N8O8/c1-2-49-11-12-51-15-16-53-19-20-55-22-21-54-18-17-52-14-13-50-10-7-34(48)46-9-6-30-23-29(3-4-32(30)27-46)26-47-39-35(37(40)43-28-44-39)36(45-47)33-24-31-5-8-41-38(31)42-25-33/h3-5,8,23-25,28H,2,6-7,9-22,26-27H2,1H3,(H,41,42)(H2,40,43,44). The van der Waals surface area contributed by atoms with Crippen LogP contribution < -0.4 is 5.73 Å². The van der Waals surface area contributed by atoms with Gasteiger partial charge in [-0.3, -0.25) is 4.79 Å². The van der Waals surface area contributed by atoms with Crippen molar-refractivity contribution in [1.29, 1.82) is 0 Å². The van der Waals surface area contributed by atoms with E-state index in [0.717, 1.165) is 34.1 Å². The second kappa shape index (κ2) is 21.5. The summed E-state index contributed by atoms with van der Waals surface area (Å²) in [5.74, 6) is 0.458. The van der Waals surface area contributed by atoms with Crippen LogP contribution in [-0.4, -0.2) is 140 Å². The third kappa shape index (κ3) is 11.7. The third-order valence-corrected chi connectivity index (χ3v) is 9.10. The second-order valence-electron chi connectivity index (χ2n) is 12.9. The van der Waals surface area contributed by atoms with E-state index in [1.165, 1.54) is 11.9 Å². The first-order chi connectivity index (χ1) is 27.1. The highest BCUT2D eigenvalue weighted by atomic mass is 16.6. The summed E-state index contributed by atoms with van der Waals surface area (Å²) in [7, 11) is 0. The molecule has 16 nitrogen and oxygen atoms in total. The number of H-pyrrole nitrogens is 1. The Morgan fingerprint density at radius 1 is 0.782 bits per heavy atom. The number of hydrogen-bond donors (Lipinski definition) is 2. The number of hydrogen-bond acceptors (Lipinski definition) is 13. The Bertz CT molecular complexity index is 1930. The summed E-state index contributed by atoms with van der Waals surface area (Å²) in [4.78, 5) is 31.3. The quantitative estimate of drug-likeness (QED) is 0.0827. The van der Waals surface area contributed by atoms with Gasteiger partial charge >= 0.3 is 0 Å². The lowest BCUT2D eigenvalue weighted by atomic mass is 9.97. The van der Waals surface area contributed by atoms with E-state index in [0.29, 0.717) is 141 Å². The van der Waals surface area contributed by atoms with Crippen LogP contribution in [0, 0.1) is 0 Å². The number of pyridine rings is 1. The molecule has 4 aromatic heterocycles. The molecule has 16 heteroatoms. The SMILES string of the molecule is CCOCCOCCOCCOCCOCCOCCOCCC(=O)N1CCc2cc(Cn3nc(-c4cnc5[nH]ccc5c4)c4c(N)ncnc43)ccc2C1. The summed E-state index contributed by atoms with van der Waals surface area (Å²) < 4.78 is 40.1. The van der Waals surface area contributed by atoms with Gasteiger partial charge in [0.25, 0.3) is 0 Å². The largest absolute Gasteiger partial charge is 0.383 e. The number of benzene rings is 1. The number of rotatable bonds is 25. The Morgan fingerprint density at radius 3 is 2.11 bits per heavy atom. The van der Waals surface area contributed by atoms with Crippen LogP contribution in [0.2, 0.25) is 0 Å². The fraction of sp³-hybridized carbons (Fsp3) is 0.513. The van der Waals surface area contributed by atoms with Gasteiger partial charge in [0.15, 0.2) is 5.65 Å². The zero-order valence-electron chi connectivity index (χ0n) is 31.6. The van der Waals surface area contributed by atoms with Crippen molar-refractivity contribution in [1.82, 2.24) is 34.6 Å². The number of carbonyl (C=O) groups excluding carboxylic acids is 1. The maximum atomic E-state index is 13.0. The number of nitrogens with two attached hydrogens (primary N) is 1. The number of nitrogen functional groups attached to an aromatic ring is 1. The summed E-state index contributed by atoms with van der Waals surface area (Å²) in [6.07, 6.45) is 6.22. The molecule has 5 heterocycles. The number of nitrogens with zero attached hydrogens (tertiary/aromatic N) is 6. The van der Waals surface area contributed by atoms with Crippen molar-refractivity contribution in [2.75, 3.05) is 105 Å². The van der Waals surface area contributed by atoms with Crippen LogP contribution >= 0.6 is 0 Å². The van der Waals surface area contributed by atoms with Crippen LogP contribution in [0.3, 0.4) is 0 Å². The Kier molecular flexibility index (Phi) is 15.7. The van der Waals surface area contributed by atoms with E-state index in [9.17, 15) is 4.79 Å². The lowest BCUT2D eigenvalue weighted by Gasteiger charge is -2.29. The maximum Gasteiger partial charge on any atom is 0.225 e. The molecule has 3 N–H and O–H groups in total. The summed E-state index contributed by atoms with van der Waals surface area (Å²) in [5.41, 5.74) is 12.8. The zero-order chi connectivity index (χ0) is 38.1. The number of fused-ring (bicyclic) bond motifs is 3. The summed E-state index contributed by atoms with van der Waals surface area (Å²) in [6, 6.07) is 10.4. The molecule has 1 aliphatic rings. The van der Waals surface area contributed by atoms with Gasteiger partial charge in [0, 0.05) is 43.0 Å². The first-order valence-electron chi connectivity index (χ1n) is 18.9. The number of nitrogens with one attached hydrogen (secondary N) is 1. The van der Waals surface area contributed by atoms with Crippen molar-refractivity contribution >= 4 is 33.8 Å². The molecule has 0 bridgehead atoms. The Labute approximate surface area is 320 Å². The van der Waals surface area contributed by atoms with E-state index in [1.54, 1.807) is 6.20 Å². The van der Waals surface area contributed by atoms with Gasteiger partial charge < -0.3 is 48.8 Å². The van der Waals surface area contributed by atoms with E-state index in [2.05, 4.69) is 38.1 Å². The molecule has 0 saturated heterocycles. The van der Waals surface area contributed by atoms with Crippen molar-refractivity contribution in [3.8, 4) is 11.3 Å². The van der Waals surface area contributed by atoms with Crippen molar-refractivity contribution in [2.45, 2.75) is 32.9 Å². The Hall–Kier alpha value is -4.55. The first-order valence-corrected chi connectivity index (χ1v) is 18.9. The van der Waals surface area contributed by atoms with Gasteiger partial charge in [0.1, 0.15) is 23.5 Å². The Balaban J connectivity index is 0.834. The molecule has 1 amide bonds. The average Bonchev–Trinajstić information content (AvgIpc) is 3.83. The highest BCUT2D eigenvalue weighted by molar-refractivity contribution is 5.99. The molecule has 0 aliphatic carbocycles. The fourth-order valence-electron chi connectivity index (χ4n) is 6.28. The molecule has 0 saturated carbocycles. The van der Waals surface area contributed by atoms with Gasteiger partial charge in [-0.15, -0.1) is 0 Å². The van der Waals surface area contributed by atoms with E-state index in [-0.39, 0.29) is 5.91 Å². The highest BCUT2D eigenvalue weighted by Gasteiger charge is 2.22. The number of aromatic amines is 1. The molecule has 5 aromatic rings. The van der Waals surface area contributed by atoms with Crippen LogP contribution in [0.1, 0.15) is 30.0 Å². The van der Waals surface area contributed by atoms with E-state index >= 15 is 0 Å². The monoisotopic (exact) mass is 760 g/mol. The minimum atomic E-state index is 0.0836. The predicted octanol–water partition coefficient (Wildman–Crippen LogP) is 3.41. The lowest BCUT2D eigenvalue weighted by molar-refractivity contribution is -0.133. The number of carbonyl (C=O) groups is 1. The number of anilines is 1. The second-order valence-corrected chi connectivity index (χ2v) is 12.9. The minimum absolute atomic E-state index is 0.0836. The van der Waals surface area contributed by atoms with Crippen LogP contribution in [0.5, 0.6) is 0 Å². The smallest absolute Gasteiger partial charge is 0.225 e. The molecule has 0 spiro atoms. The normalized spacial score (nSPS) is 12.9. The number of amides is 1. The number of aromatic nitrogens is 6. The minimum Gasteiger partial charge on any atom is -0.383 e. The van der Waals surface area contributed by atoms with Crippen molar-refractivity contribution in [3.05, 3.63) is 65.7 Å². The molecular weight excluding hydrogens is 708 g/mol. The van der Waals surface area contributed by atoms with Crippen molar-refractivity contribution < 1.29 is 38.0 Å². The molecule has 0 atom stereocenters. The van der Waals surface area contributed by atoms with Gasteiger partial charge in [-0.25, -0.2) is 19.6 Å². The molecule has 1 aromatic carbocycles. The van der Waals surface area contributed by atoms with Gasteiger partial charge in [-0.1, -0.05) is 18.2 Å². The molecule has 0 unspecified atom stereocenters. The van der Waals surface area contributed by atoms with Gasteiger partial charge in [-0.05, 0) is 42.2 Å². The third-order valence-electron chi connectivity index (χ3n) is 9.10. The molecule has 6 rings (SSSR count). The summed E-state index contributed by atoms with van der Waals surface area (Å²) >= 11 is 0. The molecule has 296 valence electrons. The van der Waals surface area contributed by atoms with Gasteiger partial charge in [-0.2, -0.15) is 5.10 Å². The zero-order valence-corrected chi connectivity index (χ0v) is 31.6. The fourth-order valence-corrected chi connectivity index (χ4v) is 6.28. The predicted molar refractivity (Wildman–Crippen MR) is 206 cm³/mol. The van der Waals surface area contributed by atoms with Crippen molar-refractivity contribution in [2.24, 2.45) is 0 Å². The lowest BCUT2D eigenvalue weighted by Crippen LogP contribution is -2.36. The Morgan fingerprint density at radius 2 is 1.44 bits per heavy atom. The first kappa shape index (κ1) is 40.1. The van der Waals surface area contributed by atoms with E-state index in [1.807, 2.05) is 34.8 Å². The van der Waals surface area contributed by atoms with Crippen LogP contribution in [0.15, 0.2) is 49.1 Å². The summed E-state index contributed by atoms with van der Waals surface area (Å²) in [5, 5.41) is 6.63. The average molecular weight is 761 g/mol. The van der Waals surface area contributed by atoms with Crippen molar-refractivity contribution in [3.63, 3.8) is 0 Å². The summed E-state index contributed by atoms with van der Waals surface area (Å²) in [6.45, 7) is 10.9. The van der Waals surface area contributed by atoms with E-state index < -0.39 is 0 Å². The van der Waals surface area contributed by atoms with E-state index in [4.69, 9.17) is 44.0 Å². The molecule has 55 heavy (non-hydrogen) atoms. The topological polar surface area (TPSA) is 183 Å². The molecule has 0 fully saturated rings. The van der Waals surface area contributed by atoms with Gasteiger partial charge in [0.2, 0.25) is 5.91 Å². The molecular formula is C39H52N8O8. The van der Waals surface area contributed by atoms with Gasteiger partial charge in [0.05, 0.1) is 104 Å². The van der Waals surface area contributed by atoms with Crippen LogP contribution in [0.25, 0.3) is 33.3 Å². The molecule has 0 radical (unpaired) electrons. The maximum absolute atomic E-state index is 13.0. The number of ether oxygens (including phenoxy) is 7. The van der Waals surface area contributed by atoms with Crippen LogP contribution in [-0.2, 0) is 57.5 Å². The highest BCUT2D eigenvalue weighted by Crippen LogP contribution is 2.32.